The molecule has 1 aromatic heterocycles. The summed E-state index contributed by atoms with van der Waals surface area (Å²) in [6.45, 7) is 2.01. The molecule has 2 heterocycles. The first-order valence-corrected chi connectivity index (χ1v) is 6.18. The molecule has 0 radical (unpaired) electrons. The van der Waals surface area contributed by atoms with Crippen molar-refractivity contribution in [3.63, 3.8) is 0 Å². The molecule has 1 aromatic rings. The van der Waals surface area contributed by atoms with Crippen LogP contribution in [0.15, 0.2) is 17.5 Å². The van der Waals surface area contributed by atoms with Gasteiger partial charge in [0.1, 0.15) is 0 Å². The summed E-state index contributed by atoms with van der Waals surface area (Å²) in [6.07, 6.45) is 2.27. The van der Waals surface area contributed by atoms with E-state index in [0.717, 1.165) is 30.8 Å². The molecule has 1 aliphatic heterocycles. The molecule has 82 valence electrons. The predicted octanol–water partition coefficient (Wildman–Crippen LogP) is 1.57. The van der Waals surface area contributed by atoms with Crippen molar-refractivity contribution in [3.05, 3.63) is 22.4 Å². The SMILES string of the molecule is CN(C(=O)c1cccs1)C1CCCNC1. The fourth-order valence-corrected chi connectivity index (χ4v) is 2.61. The summed E-state index contributed by atoms with van der Waals surface area (Å²) in [7, 11) is 1.90. The highest BCUT2D eigenvalue weighted by atomic mass is 32.1. The first-order chi connectivity index (χ1) is 7.29. The number of nitrogens with zero attached hydrogens (tertiary/aromatic N) is 1. The quantitative estimate of drug-likeness (QED) is 0.827. The molecule has 1 saturated heterocycles. The molecule has 1 aliphatic rings. The Labute approximate surface area is 94.1 Å². The van der Waals surface area contributed by atoms with Crippen LogP contribution in [0.25, 0.3) is 0 Å². The van der Waals surface area contributed by atoms with Crippen LogP contribution in [0.2, 0.25) is 0 Å². The number of amides is 1. The molecule has 3 nitrogen and oxygen atoms in total. The topological polar surface area (TPSA) is 32.3 Å². The zero-order valence-electron chi connectivity index (χ0n) is 8.90. The molecule has 0 bridgehead atoms. The van der Waals surface area contributed by atoms with Crippen LogP contribution in [-0.4, -0.2) is 37.0 Å². The normalized spacial score (nSPS) is 21.3. The smallest absolute Gasteiger partial charge is 0.263 e. The second kappa shape index (κ2) is 4.77. The highest BCUT2D eigenvalue weighted by Crippen LogP contribution is 2.15. The van der Waals surface area contributed by atoms with Crippen molar-refractivity contribution in [3.8, 4) is 0 Å². The van der Waals surface area contributed by atoms with Crippen LogP contribution in [0.5, 0.6) is 0 Å². The van der Waals surface area contributed by atoms with Crippen molar-refractivity contribution in [1.29, 1.82) is 0 Å². The molecule has 4 heteroatoms. The van der Waals surface area contributed by atoms with Gasteiger partial charge in [0.25, 0.3) is 5.91 Å². The maximum atomic E-state index is 12.0. The Bertz CT molecular complexity index is 317. The van der Waals surface area contributed by atoms with Crippen LogP contribution < -0.4 is 5.32 Å². The summed E-state index contributed by atoms with van der Waals surface area (Å²) in [5, 5.41) is 5.27. The second-order valence-corrected chi connectivity index (χ2v) is 4.84. The lowest BCUT2D eigenvalue weighted by Crippen LogP contribution is -2.46. The molecule has 1 unspecified atom stereocenters. The molecule has 0 spiro atoms. The molecule has 0 aliphatic carbocycles. The third-order valence-electron chi connectivity index (χ3n) is 2.87. The Balaban J connectivity index is 2.00. The zero-order valence-corrected chi connectivity index (χ0v) is 9.72. The maximum absolute atomic E-state index is 12.0. The average molecular weight is 224 g/mol. The molecule has 0 saturated carbocycles. The van der Waals surface area contributed by atoms with Gasteiger partial charge in [-0.2, -0.15) is 0 Å². The Morgan fingerprint density at radius 3 is 3.13 bits per heavy atom. The Hall–Kier alpha value is -0.870. The van der Waals surface area contributed by atoms with Gasteiger partial charge in [-0.3, -0.25) is 4.79 Å². The minimum Gasteiger partial charge on any atom is -0.337 e. The second-order valence-electron chi connectivity index (χ2n) is 3.89. The van der Waals surface area contributed by atoms with E-state index >= 15 is 0 Å². The number of nitrogens with one attached hydrogen (secondary N) is 1. The van der Waals surface area contributed by atoms with Gasteiger partial charge in [0.05, 0.1) is 4.88 Å². The van der Waals surface area contributed by atoms with Gasteiger partial charge in [-0.25, -0.2) is 0 Å². The van der Waals surface area contributed by atoms with E-state index in [0.29, 0.717) is 6.04 Å². The number of hydrogen-bond donors (Lipinski definition) is 1. The van der Waals surface area contributed by atoms with Crippen LogP contribution in [0.1, 0.15) is 22.5 Å². The van der Waals surface area contributed by atoms with Crippen LogP contribution in [0, 0.1) is 0 Å². The Morgan fingerprint density at radius 2 is 2.53 bits per heavy atom. The Morgan fingerprint density at radius 1 is 1.67 bits per heavy atom. The van der Waals surface area contributed by atoms with E-state index in [4.69, 9.17) is 0 Å². The van der Waals surface area contributed by atoms with E-state index in [9.17, 15) is 4.79 Å². The molecule has 1 N–H and O–H groups in total. The van der Waals surface area contributed by atoms with Gasteiger partial charge in [0.15, 0.2) is 0 Å². The van der Waals surface area contributed by atoms with Gasteiger partial charge < -0.3 is 10.2 Å². The number of piperidine rings is 1. The molecule has 0 aromatic carbocycles. The van der Waals surface area contributed by atoms with Crippen LogP contribution in [0.3, 0.4) is 0 Å². The number of carbonyl (C=O) groups is 1. The van der Waals surface area contributed by atoms with Gasteiger partial charge in [0.2, 0.25) is 0 Å². The summed E-state index contributed by atoms with van der Waals surface area (Å²) in [6, 6.07) is 4.17. The van der Waals surface area contributed by atoms with Crippen LogP contribution in [0.4, 0.5) is 0 Å². The maximum Gasteiger partial charge on any atom is 0.263 e. The standard InChI is InChI=1S/C11H16N2OS/c1-13(9-4-2-6-12-8-9)11(14)10-5-3-7-15-10/h3,5,7,9,12H,2,4,6,8H2,1H3. The summed E-state index contributed by atoms with van der Waals surface area (Å²) >= 11 is 1.51. The fraction of sp³-hybridized carbons (Fsp3) is 0.545. The van der Waals surface area contributed by atoms with Crippen molar-refractivity contribution >= 4 is 17.2 Å². The van der Waals surface area contributed by atoms with Gasteiger partial charge >= 0.3 is 0 Å². The lowest BCUT2D eigenvalue weighted by atomic mass is 10.1. The summed E-state index contributed by atoms with van der Waals surface area (Å²) in [5.74, 6) is 0.152. The molecule has 1 fully saturated rings. The number of hydrogen-bond acceptors (Lipinski definition) is 3. The van der Waals surface area contributed by atoms with Gasteiger partial charge in [-0.15, -0.1) is 11.3 Å². The molecule has 1 amide bonds. The number of rotatable bonds is 2. The monoisotopic (exact) mass is 224 g/mol. The van der Waals surface area contributed by atoms with Crippen LogP contribution >= 0.6 is 11.3 Å². The van der Waals surface area contributed by atoms with E-state index in [-0.39, 0.29) is 5.91 Å². The van der Waals surface area contributed by atoms with E-state index in [1.54, 1.807) is 0 Å². The lowest BCUT2D eigenvalue weighted by Gasteiger charge is -2.31. The van der Waals surface area contributed by atoms with E-state index in [2.05, 4.69) is 5.32 Å². The highest BCUT2D eigenvalue weighted by molar-refractivity contribution is 7.12. The summed E-state index contributed by atoms with van der Waals surface area (Å²) in [4.78, 5) is 14.7. The largest absolute Gasteiger partial charge is 0.337 e. The molecule has 15 heavy (non-hydrogen) atoms. The van der Waals surface area contributed by atoms with Crippen molar-refractivity contribution in [2.45, 2.75) is 18.9 Å². The molecule has 2 rings (SSSR count). The first kappa shape index (κ1) is 10.6. The summed E-state index contributed by atoms with van der Waals surface area (Å²) in [5.41, 5.74) is 0. The van der Waals surface area contributed by atoms with Gasteiger partial charge in [-0.1, -0.05) is 6.07 Å². The number of carbonyl (C=O) groups excluding carboxylic acids is 1. The molecular weight excluding hydrogens is 208 g/mol. The van der Waals surface area contributed by atoms with Crippen molar-refractivity contribution in [2.75, 3.05) is 20.1 Å². The molecular formula is C11H16N2OS. The highest BCUT2D eigenvalue weighted by Gasteiger charge is 2.22. The summed E-state index contributed by atoms with van der Waals surface area (Å²) < 4.78 is 0. The third-order valence-corrected chi connectivity index (χ3v) is 3.73. The van der Waals surface area contributed by atoms with E-state index < -0.39 is 0 Å². The zero-order chi connectivity index (χ0) is 10.7. The average Bonchev–Trinajstić information content (AvgIpc) is 2.82. The minimum atomic E-state index is 0.152. The molecule has 1 atom stereocenters. The van der Waals surface area contributed by atoms with Crippen molar-refractivity contribution in [1.82, 2.24) is 10.2 Å². The van der Waals surface area contributed by atoms with Gasteiger partial charge in [-0.05, 0) is 30.8 Å². The van der Waals surface area contributed by atoms with E-state index in [1.165, 1.54) is 11.3 Å². The van der Waals surface area contributed by atoms with Gasteiger partial charge in [0, 0.05) is 19.6 Å². The number of thiophene rings is 1. The van der Waals surface area contributed by atoms with Crippen molar-refractivity contribution in [2.24, 2.45) is 0 Å². The fourth-order valence-electron chi connectivity index (χ4n) is 1.90. The predicted molar refractivity (Wildman–Crippen MR) is 62.3 cm³/mol. The first-order valence-electron chi connectivity index (χ1n) is 5.30. The van der Waals surface area contributed by atoms with Crippen LogP contribution in [-0.2, 0) is 0 Å². The van der Waals surface area contributed by atoms with E-state index in [1.807, 2.05) is 29.5 Å². The lowest BCUT2D eigenvalue weighted by molar-refractivity contribution is 0.0713. The number of likely N-dealkylation sites (N-methyl/N-ethyl adjacent to an activating group) is 1. The minimum absolute atomic E-state index is 0.152. The third kappa shape index (κ3) is 2.38. The van der Waals surface area contributed by atoms with Crippen molar-refractivity contribution < 1.29 is 4.79 Å². The Kier molecular flexibility index (Phi) is 3.38.